The largest absolute Gasteiger partial charge is 0.330 e. The SMILES string of the molecule is CN(C(=O)c1cccc2cn[nH]c12)[C@@H]1CCN(c2ccccc2)C1=O. The van der Waals surface area contributed by atoms with Crippen LogP contribution in [0.2, 0.25) is 0 Å². The van der Waals surface area contributed by atoms with Gasteiger partial charge in [0.05, 0.1) is 17.3 Å². The quantitative estimate of drug-likeness (QED) is 0.800. The molecule has 0 bridgehead atoms. The molecule has 1 saturated heterocycles. The molecule has 25 heavy (non-hydrogen) atoms. The number of fused-ring (bicyclic) bond motifs is 1. The molecule has 6 nitrogen and oxygen atoms in total. The lowest BCUT2D eigenvalue weighted by Crippen LogP contribution is -2.43. The average molecular weight is 334 g/mol. The Hall–Kier alpha value is -3.15. The number of carbonyl (C=O) groups is 2. The monoisotopic (exact) mass is 334 g/mol. The summed E-state index contributed by atoms with van der Waals surface area (Å²) in [6, 6.07) is 14.6. The first-order valence-electron chi connectivity index (χ1n) is 8.22. The number of carbonyl (C=O) groups excluding carboxylic acids is 2. The van der Waals surface area contributed by atoms with E-state index >= 15 is 0 Å². The average Bonchev–Trinajstić information content (AvgIpc) is 3.27. The van der Waals surface area contributed by atoms with E-state index < -0.39 is 6.04 Å². The molecule has 0 spiro atoms. The van der Waals surface area contributed by atoms with Crippen LogP contribution < -0.4 is 4.90 Å². The van der Waals surface area contributed by atoms with Crippen molar-refractivity contribution in [3.8, 4) is 0 Å². The molecule has 0 unspecified atom stereocenters. The normalized spacial score (nSPS) is 17.2. The van der Waals surface area contributed by atoms with Crippen LogP contribution in [-0.4, -0.2) is 46.5 Å². The van der Waals surface area contributed by atoms with Gasteiger partial charge >= 0.3 is 0 Å². The summed E-state index contributed by atoms with van der Waals surface area (Å²) in [4.78, 5) is 29.0. The minimum atomic E-state index is -0.453. The molecule has 4 rings (SSSR count). The highest BCUT2D eigenvalue weighted by Gasteiger charge is 2.37. The number of H-pyrrole nitrogens is 1. The molecular weight excluding hydrogens is 316 g/mol. The second-order valence-electron chi connectivity index (χ2n) is 6.19. The molecule has 2 amide bonds. The van der Waals surface area contributed by atoms with Gasteiger partial charge in [0.15, 0.2) is 0 Å². The molecule has 0 saturated carbocycles. The fourth-order valence-electron chi connectivity index (χ4n) is 3.37. The minimum Gasteiger partial charge on any atom is -0.330 e. The zero-order valence-corrected chi connectivity index (χ0v) is 13.8. The number of nitrogens with zero attached hydrogens (tertiary/aromatic N) is 3. The zero-order chi connectivity index (χ0) is 17.4. The van der Waals surface area contributed by atoms with Crippen molar-refractivity contribution in [1.29, 1.82) is 0 Å². The van der Waals surface area contributed by atoms with Gasteiger partial charge in [-0.1, -0.05) is 30.3 Å². The Balaban J connectivity index is 1.59. The van der Waals surface area contributed by atoms with E-state index in [0.717, 1.165) is 11.1 Å². The van der Waals surface area contributed by atoms with Crippen LogP contribution in [0.25, 0.3) is 10.9 Å². The Labute approximate surface area is 145 Å². The topological polar surface area (TPSA) is 69.3 Å². The van der Waals surface area contributed by atoms with Crippen LogP contribution in [0.4, 0.5) is 5.69 Å². The van der Waals surface area contributed by atoms with Gasteiger partial charge in [-0.2, -0.15) is 5.10 Å². The van der Waals surface area contributed by atoms with Gasteiger partial charge in [-0.05, 0) is 24.6 Å². The van der Waals surface area contributed by atoms with Gasteiger partial charge in [-0.15, -0.1) is 0 Å². The standard InChI is InChI=1S/C19H18N4O2/c1-22(18(24)15-9-5-6-13-12-20-21-17(13)15)16-10-11-23(19(16)25)14-7-3-2-4-8-14/h2-9,12,16H,10-11H2,1H3,(H,20,21)/t16-/m1/s1. The fourth-order valence-corrected chi connectivity index (χ4v) is 3.37. The summed E-state index contributed by atoms with van der Waals surface area (Å²) < 4.78 is 0. The molecule has 2 heterocycles. The number of anilines is 1. The van der Waals surface area contributed by atoms with E-state index in [9.17, 15) is 9.59 Å². The van der Waals surface area contributed by atoms with E-state index in [1.807, 2.05) is 42.5 Å². The van der Waals surface area contributed by atoms with Crippen LogP contribution in [0.15, 0.2) is 54.7 Å². The molecule has 6 heteroatoms. The van der Waals surface area contributed by atoms with E-state index in [1.54, 1.807) is 29.1 Å². The highest BCUT2D eigenvalue weighted by Crippen LogP contribution is 2.25. The zero-order valence-electron chi connectivity index (χ0n) is 13.8. The van der Waals surface area contributed by atoms with E-state index in [4.69, 9.17) is 0 Å². The van der Waals surface area contributed by atoms with Crippen LogP contribution in [0, 0.1) is 0 Å². The van der Waals surface area contributed by atoms with Gasteiger partial charge < -0.3 is 9.80 Å². The molecule has 1 atom stereocenters. The smallest absolute Gasteiger partial charge is 0.256 e. The number of likely N-dealkylation sites (N-methyl/N-ethyl adjacent to an activating group) is 1. The first-order valence-corrected chi connectivity index (χ1v) is 8.22. The lowest BCUT2D eigenvalue weighted by Gasteiger charge is -2.24. The number of benzene rings is 2. The van der Waals surface area contributed by atoms with Gasteiger partial charge in [0.1, 0.15) is 6.04 Å². The number of amides is 2. The van der Waals surface area contributed by atoms with E-state index in [0.29, 0.717) is 24.0 Å². The number of hydrogen-bond acceptors (Lipinski definition) is 3. The fraction of sp³-hybridized carbons (Fsp3) is 0.211. The van der Waals surface area contributed by atoms with Crippen molar-refractivity contribution in [2.24, 2.45) is 0 Å². The maximum absolute atomic E-state index is 12.9. The number of aromatic nitrogens is 2. The summed E-state index contributed by atoms with van der Waals surface area (Å²) in [5.41, 5.74) is 2.10. The molecule has 1 fully saturated rings. The second-order valence-corrected chi connectivity index (χ2v) is 6.19. The van der Waals surface area contributed by atoms with Crippen molar-refractivity contribution in [2.45, 2.75) is 12.5 Å². The lowest BCUT2D eigenvalue weighted by atomic mass is 10.1. The number of aromatic amines is 1. The predicted octanol–water partition coefficient (Wildman–Crippen LogP) is 2.44. The predicted molar refractivity (Wildman–Crippen MR) is 95.4 cm³/mol. The summed E-state index contributed by atoms with van der Waals surface area (Å²) in [7, 11) is 1.69. The first kappa shape index (κ1) is 15.4. The molecule has 1 aromatic heterocycles. The molecule has 3 aromatic rings. The summed E-state index contributed by atoms with van der Waals surface area (Å²) in [6.07, 6.45) is 2.30. The van der Waals surface area contributed by atoms with Gasteiger partial charge in [0.25, 0.3) is 5.91 Å². The lowest BCUT2D eigenvalue weighted by molar-refractivity contribution is -0.120. The van der Waals surface area contributed by atoms with Crippen LogP contribution in [0.3, 0.4) is 0 Å². The molecule has 1 aliphatic rings. The van der Waals surface area contributed by atoms with Crippen molar-refractivity contribution in [1.82, 2.24) is 15.1 Å². The third-order valence-electron chi connectivity index (χ3n) is 4.74. The first-order chi connectivity index (χ1) is 12.2. The van der Waals surface area contributed by atoms with E-state index in [-0.39, 0.29) is 11.8 Å². The van der Waals surface area contributed by atoms with Crippen molar-refractivity contribution in [3.05, 3.63) is 60.3 Å². The minimum absolute atomic E-state index is 0.0427. The highest BCUT2D eigenvalue weighted by atomic mass is 16.2. The molecule has 1 N–H and O–H groups in total. The Morgan fingerprint density at radius 3 is 2.80 bits per heavy atom. The molecule has 0 radical (unpaired) electrons. The Kier molecular flexibility index (Phi) is 3.72. The van der Waals surface area contributed by atoms with Crippen molar-refractivity contribution >= 4 is 28.4 Å². The number of rotatable bonds is 3. The molecule has 2 aromatic carbocycles. The Bertz CT molecular complexity index is 935. The van der Waals surface area contributed by atoms with Gasteiger partial charge in [-0.3, -0.25) is 14.7 Å². The van der Waals surface area contributed by atoms with Crippen molar-refractivity contribution in [3.63, 3.8) is 0 Å². The summed E-state index contributed by atoms with van der Waals surface area (Å²) in [5, 5.41) is 7.74. The summed E-state index contributed by atoms with van der Waals surface area (Å²) >= 11 is 0. The Morgan fingerprint density at radius 2 is 2.00 bits per heavy atom. The van der Waals surface area contributed by atoms with E-state index in [2.05, 4.69) is 10.2 Å². The molecule has 1 aliphatic heterocycles. The van der Waals surface area contributed by atoms with Crippen molar-refractivity contribution in [2.75, 3.05) is 18.5 Å². The maximum atomic E-state index is 12.9. The Morgan fingerprint density at radius 1 is 1.20 bits per heavy atom. The summed E-state index contributed by atoms with van der Waals surface area (Å²) in [5.74, 6) is -0.220. The molecular formula is C19H18N4O2. The van der Waals surface area contributed by atoms with Crippen LogP contribution in [-0.2, 0) is 4.79 Å². The van der Waals surface area contributed by atoms with E-state index in [1.165, 1.54) is 0 Å². The van der Waals surface area contributed by atoms with Gasteiger partial charge in [0, 0.05) is 24.7 Å². The number of nitrogens with one attached hydrogen (secondary N) is 1. The third kappa shape index (κ3) is 2.55. The van der Waals surface area contributed by atoms with Crippen LogP contribution in [0.1, 0.15) is 16.8 Å². The summed E-state index contributed by atoms with van der Waals surface area (Å²) in [6.45, 7) is 0.611. The number of hydrogen-bond donors (Lipinski definition) is 1. The number of para-hydroxylation sites is 2. The molecule has 126 valence electrons. The van der Waals surface area contributed by atoms with Crippen molar-refractivity contribution < 1.29 is 9.59 Å². The maximum Gasteiger partial charge on any atom is 0.256 e. The van der Waals surface area contributed by atoms with Gasteiger partial charge in [0.2, 0.25) is 5.91 Å². The van der Waals surface area contributed by atoms with Crippen LogP contribution in [0.5, 0.6) is 0 Å². The second kappa shape index (κ2) is 6.05. The third-order valence-corrected chi connectivity index (χ3v) is 4.74. The highest BCUT2D eigenvalue weighted by molar-refractivity contribution is 6.08. The van der Waals surface area contributed by atoms with Gasteiger partial charge in [-0.25, -0.2) is 0 Å². The van der Waals surface area contributed by atoms with Crippen LogP contribution >= 0.6 is 0 Å². The molecule has 0 aliphatic carbocycles.